The van der Waals surface area contributed by atoms with E-state index in [0.717, 1.165) is 25.9 Å². The first-order valence-corrected chi connectivity index (χ1v) is 6.17. The minimum Gasteiger partial charge on any atom is -0.466 e. The van der Waals surface area contributed by atoms with Crippen LogP contribution in [0.15, 0.2) is 0 Å². The standard InChI is InChI=1S/C12H21NO2.ClH/c1-2-15-11(14)12-7-4-3-5-10(12)6-8-13-9-12;/h10,13H,2-9H2,1H3;1H. The maximum Gasteiger partial charge on any atom is 0.313 e. The summed E-state index contributed by atoms with van der Waals surface area (Å²) in [5.74, 6) is 0.605. The topological polar surface area (TPSA) is 38.3 Å². The van der Waals surface area contributed by atoms with Crippen molar-refractivity contribution in [1.82, 2.24) is 5.32 Å². The van der Waals surface area contributed by atoms with E-state index in [2.05, 4.69) is 5.32 Å². The Morgan fingerprint density at radius 1 is 1.44 bits per heavy atom. The molecule has 0 amide bonds. The second-order valence-corrected chi connectivity index (χ2v) is 4.78. The van der Waals surface area contributed by atoms with Gasteiger partial charge < -0.3 is 10.1 Å². The molecular weight excluding hydrogens is 226 g/mol. The van der Waals surface area contributed by atoms with Crippen LogP contribution in [-0.2, 0) is 9.53 Å². The highest BCUT2D eigenvalue weighted by molar-refractivity contribution is 5.85. The molecule has 0 aromatic rings. The van der Waals surface area contributed by atoms with Gasteiger partial charge >= 0.3 is 5.97 Å². The summed E-state index contributed by atoms with van der Waals surface area (Å²) in [5.41, 5.74) is -0.188. The third-order valence-corrected chi connectivity index (χ3v) is 4.00. The number of hydrogen-bond donors (Lipinski definition) is 1. The fraction of sp³-hybridized carbons (Fsp3) is 0.917. The fourth-order valence-corrected chi connectivity index (χ4v) is 3.17. The van der Waals surface area contributed by atoms with E-state index in [1.807, 2.05) is 6.92 Å². The minimum absolute atomic E-state index is 0. The van der Waals surface area contributed by atoms with Gasteiger partial charge in [0.25, 0.3) is 0 Å². The Labute approximate surface area is 104 Å². The van der Waals surface area contributed by atoms with Gasteiger partial charge in [0.2, 0.25) is 0 Å². The molecule has 1 N–H and O–H groups in total. The van der Waals surface area contributed by atoms with Crippen LogP contribution >= 0.6 is 12.4 Å². The average molecular weight is 248 g/mol. The molecule has 2 atom stereocenters. The van der Waals surface area contributed by atoms with Crippen LogP contribution in [0.25, 0.3) is 0 Å². The molecule has 1 saturated carbocycles. The monoisotopic (exact) mass is 247 g/mol. The van der Waals surface area contributed by atoms with E-state index in [1.54, 1.807) is 0 Å². The highest BCUT2D eigenvalue weighted by Crippen LogP contribution is 2.45. The van der Waals surface area contributed by atoms with E-state index in [1.165, 1.54) is 19.3 Å². The lowest BCUT2D eigenvalue weighted by molar-refractivity contribution is -0.163. The van der Waals surface area contributed by atoms with Crippen molar-refractivity contribution in [3.63, 3.8) is 0 Å². The first kappa shape index (κ1) is 13.8. The lowest BCUT2D eigenvalue weighted by atomic mass is 9.63. The van der Waals surface area contributed by atoms with Crippen LogP contribution in [-0.4, -0.2) is 25.7 Å². The highest BCUT2D eigenvalue weighted by Gasteiger charge is 2.49. The van der Waals surface area contributed by atoms with Crippen LogP contribution in [0.1, 0.15) is 39.0 Å². The van der Waals surface area contributed by atoms with Gasteiger partial charge in [-0.1, -0.05) is 12.8 Å². The molecule has 2 rings (SSSR count). The molecule has 1 heterocycles. The molecule has 1 aliphatic heterocycles. The van der Waals surface area contributed by atoms with Crippen LogP contribution in [0.4, 0.5) is 0 Å². The summed E-state index contributed by atoms with van der Waals surface area (Å²) in [7, 11) is 0. The summed E-state index contributed by atoms with van der Waals surface area (Å²) < 4.78 is 5.26. The Kier molecular flexibility index (Phi) is 5.06. The quantitative estimate of drug-likeness (QED) is 0.760. The van der Waals surface area contributed by atoms with Crippen molar-refractivity contribution in [2.75, 3.05) is 19.7 Å². The minimum atomic E-state index is -0.188. The number of nitrogens with one attached hydrogen (secondary N) is 1. The molecular formula is C12H22ClNO2. The maximum atomic E-state index is 12.1. The molecule has 2 aliphatic rings. The zero-order chi connectivity index (χ0) is 10.7. The van der Waals surface area contributed by atoms with Crippen molar-refractivity contribution < 1.29 is 9.53 Å². The van der Waals surface area contributed by atoms with Gasteiger partial charge in [0, 0.05) is 6.54 Å². The van der Waals surface area contributed by atoms with E-state index in [0.29, 0.717) is 12.5 Å². The number of hydrogen-bond acceptors (Lipinski definition) is 3. The molecule has 3 nitrogen and oxygen atoms in total. The third-order valence-electron chi connectivity index (χ3n) is 4.00. The number of halogens is 1. The van der Waals surface area contributed by atoms with E-state index in [9.17, 15) is 4.79 Å². The van der Waals surface area contributed by atoms with Crippen molar-refractivity contribution in [3.05, 3.63) is 0 Å². The largest absolute Gasteiger partial charge is 0.466 e. The summed E-state index contributed by atoms with van der Waals surface area (Å²) in [4.78, 5) is 12.1. The Balaban J connectivity index is 0.00000128. The number of rotatable bonds is 2. The summed E-state index contributed by atoms with van der Waals surface area (Å²) in [6.07, 6.45) is 5.83. The number of esters is 1. The SMILES string of the molecule is CCOC(=O)C12CCCCC1CCNC2.Cl. The maximum absolute atomic E-state index is 12.1. The number of fused-ring (bicyclic) bond motifs is 1. The lowest BCUT2D eigenvalue weighted by Gasteiger charge is -2.45. The van der Waals surface area contributed by atoms with Crippen molar-refractivity contribution in [1.29, 1.82) is 0 Å². The summed E-state index contributed by atoms with van der Waals surface area (Å²) in [6.45, 7) is 4.29. The van der Waals surface area contributed by atoms with E-state index in [-0.39, 0.29) is 23.8 Å². The summed E-state index contributed by atoms with van der Waals surface area (Å²) in [5, 5.41) is 3.36. The summed E-state index contributed by atoms with van der Waals surface area (Å²) in [6, 6.07) is 0. The molecule has 0 spiro atoms. The molecule has 1 saturated heterocycles. The average Bonchev–Trinajstić information content (AvgIpc) is 2.29. The molecule has 2 fully saturated rings. The number of carbonyl (C=O) groups is 1. The molecule has 0 radical (unpaired) electrons. The third kappa shape index (κ3) is 2.35. The molecule has 2 unspecified atom stereocenters. The predicted octanol–water partition coefficient (Wildman–Crippen LogP) is 2.14. The van der Waals surface area contributed by atoms with Crippen LogP contribution in [0.5, 0.6) is 0 Å². The lowest BCUT2D eigenvalue weighted by Crippen LogP contribution is -2.53. The van der Waals surface area contributed by atoms with Gasteiger partial charge in [-0.25, -0.2) is 0 Å². The number of carbonyl (C=O) groups excluding carboxylic acids is 1. The number of ether oxygens (including phenoxy) is 1. The van der Waals surface area contributed by atoms with Gasteiger partial charge in [0.15, 0.2) is 0 Å². The predicted molar refractivity (Wildman–Crippen MR) is 65.8 cm³/mol. The van der Waals surface area contributed by atoms with Gasteiger partial charge in [0.05, 0.1) is 12.0 Å². The molecule has 16 heavy (non-hydrogen) atoms. The molecule has 4 heteroatoms. The molecule has 94 valence electrons. The molecule has 1 aliphatic carbocycles. The Hall–Kier alpha value is -0.280. The molecule has 0 aromatic heterocycles. The van der Waals surface area contributed by atoms with Gasteiger partial charge in [-0.15, -0.1) is 12.4 Å². The van der Waals surface area contributed by atoms with Crippen LogP contribution in [0, 0.1) is 11.3 Å². The fourth-order valence-electron chi connectivity index (χ4n) is 3.17. The molecule has 0 bridgehead atoms. The normalized spacial score (nSPS) is 33.4. The summed E-state index contributed by atoms with van der Waals surface area (Å²) >= 11 is 0. The van der Waals surface area contributed by atoms with E-state index >= 15 is 0 Å². The van der Waals surface area contributed by atoms with Crippen molar-refractivity contribution in [2.45, 2.75) is 39.0 Å². The van der Waals surface area contributed by atoms with Crippen LogP contribution in [0.3, 0.4) is 0 Å². The van der Waals surface area contributed by atoms with Gasteiger partial charge in [0.1, 0.15) is 0 Å². The van der Waals surface area contributed by atoms with Crippen LogP contribution < -0.4 is 5.32 Å². The highest BCUT2D eigenvalue weighted by atomic mass is 35.5. The van der Waals surface area contributed by atoms with E-state index in [4.69, 9.17) is 4.74 Å². The Morgan fingerprint density at radius 2 is 2.25 bits per heavy atom. The van der Waals surface area contributed by atoms with Gasteiger partial charge in [-0.3, -0.25) is 4.79 Å². The zero-order valence-electron chi connectivity index (χ0n) is 9.96. The first-order chi connectivity index (χ1) is 7.29. The second kappa shape index (κ2) is 5.87. The van der Waals surface area contributed by atoms with Crippen molar-refractivity contribution in [3.8, 4) is 0 Å². The first-order valence-electron chi connectivity index (χ1n) is 6.17. The number of piperidine rings is 1. The van der Waals surface area contributed by atoms with E-state index < -0.39 is 0 Å². The Morgan fingerprint density at radius 3 is 3.00 bits per heavy atom. The van der Waals surface area contributed by atoms with Gasteiger partial charge in [-0.05, 0) is 38.6 Å². The smallest absolute Gasteiger partial charge is 0.313 e. The van der Waals surface area contributed by atoms with Crippen LogP contribution in [0.2, 0.25) is 0 Å². The second-order valence-electron chi connectivity index (χ2n) is 4.78. The van der Waals surface area contributed by atoms with Crippen molar-refractivity contribution in [2.24, 2.45) is 11.3 Å². The Bertz CT molecular complexity index is 233. The molecule has 0 aromatic carbocycles. The van der Waals surface area contributed by atoms with Gasteiger partial charge in [-0.2, -0.15) is 0 Å². The zero-order valence-corrected chi connectivity index (χ0v) is 10.8. The van der Waals surface area contributed by atoms with Crippen molar-refractivity contribution >= 4 is 18.4 Å².